The SMILES string of the molecule is COCC(C)CC(=O)C(=O)O. The Balaban J connectivity index is 3.66. The standard InChI is InChI=1S/C7H12O4/c1-5(4-11-2)3-6(8)7(9)10/h5H,3-4H2,1-2H3,(H,9,10). The number of carboxylic acid groups (broad SMARTS) is 1. The first kappa shape index (κ1) is 10.1. The van der Waals surface area contributed by atoms with Gasteiger partial charge in [-0.25, -0.2) is 4.79 Å². The van der Waals surface area contributed by atoms with Crippen LogP contribution in [0.4, 0.5) is 0 Å². The fourth-order valence-corrected chi connectivity index (χ4v) is 0.747. The van der Waals surface area contributed by atoms with E-state index in [-0.39, 0.29) is 12.3 Å². The average Bonchev–Trinajstić information content (AvgIpc) is 1.87. The van der Waals surface area contributed by atoms with Gasteiger partial charge < -0.3 is 9.84 Å². The topological polar surface area (TPSA) is 63.6 Å². The van der Waals surface area contributed by atoms with Gasteiger partial charge in [0.25, 0.3) is 0 Å². The molecule has 0 fully saturated rings. The van der Waals surface area contributed by atoms with Gasteiger partial charge in [0.15, 0.2) is 0 Å². The minimum Gasteiger partial charge on any atom is -0.476 e. The van der Waals surface area contributed by atoms with Crippen LogP contribution >= 0.6 is 0 Å². The van der Waals surface area contributed by atoms with Gasteiger partial charge in [0, 0.05) is 20.1 Å². The summed E-state index contributed by atoms with van der Waals surface area (Å²) in [6.07, 6.45) is 0.0448. The van der Waals surface area contributed by atoms with Crippen molar-refractivity contribution in [3.8, 4) is 0 Å². The van der Waals surface area contributed by atoms with Crippen LogP contribution in [0.15, 0.2) is 0 Å². The maximum absolute atomic E-state index is 10.6. The fourth-order valence-electron chi connectivity index (χ4n) is 0.747. The van der Waals surface area contributed by atoms with Crippen LogP contribution in [0.1, 0.15) is 13.3 Å². The zero-order valence-electron chi connectivity index (χ0n) is 6.66. The summed E-state index contributed by atoms with van der Waals surface area (Å²) in [4.78, 5) is 20.6. The van der Waals surface area contributed by atoms with Gasteiger partial charge in [0.1, 0.15) is 0 Å². The van der Waals surface area contributed by atoms with Gasteiger partial charge in [-0.1, -0.05) is 6.92 Å². The molecule has 4 heteroatoms. The Labute approximate surface area is 65.2 Å². The minimum atomic E-state index is -1.37. The largest absolute Gasteiger partial charge is 0.476 e. The van der Waals surface area contributed by atoms with Crippen molar-refractivity contribution in [3.05, 3.63) is 0 Å². The molecule has 0 saturated heterocycles. The highest BCUT2D eigenvalue weighted by Gasteiger charge is 2.14. The lowest BCUT2D eigenvalue weighted by Gasteiger charge is -2.05. The predicted octanol–water partition coefficient (Wildman–Crippen LogP) is 0.313. The molecule has 0 heterocycles. The van der Waals surface area contributed by atoms with E-state index in [1.807, 2.05) is 0 Å². The number of methoxy groups -OCH3 is 1. The molecule has 0 aliphatic carbocycles. The molecule has 0 bridgehead atoms. The summed E-state index contributed by atoms with van der Waals surface area (Å²) >= 11 is 0. The molecule has 0 spiro atoms. The molecule has 0 aromatic heterocycles. The van der Waals surface area contributed by atoms with E-state index >= 15 is 0 Å². The molecule has 1 atom stereocenters. The molecular formula is C7H12O4. The van der Waals surface area contributed by atoms with Crippen LogP contribution in [0.3, 0.4) is 0 Å². The molecule has 11 heavy (non-hydrogen) atoms. The average molecular weight is 160 g/mol. The first-order valence-electron chi connectivity index (χ1n) is 3.33. The summed E-state index contributed by atoms with van der Waals surface area (Å²) in [6, 6.07) is 0. The molecule has 0 aromatic rings. The van der Waals surface area contributed by atoms with Gasteiger partial charge >= 0.3 is 5.97 Å². The smallest absolute Gasteiger partial charge is 0.372 e. The van der Waals surface area contributed by atoms with Gasteiger partial charge in [0.05, 0.1) is 0 Å². The Morgan fingerprint density at radius 3 is 2.45 bits per heavy atom. The number of aliphatic carboxylic acids is 1. The third-order valence-corrected chi connectivity index (χ3v) is 1.22. The van der Waals surface area contributed by atoms with Crippen LogP contribution in [0.2, 0.25) is 0 Å². The molecule has 64 valence electrons. The highest BCUT2D eigenvalue weighted by atomic mass is 16.5. The number of hydrogen-bond acceptors (Lipinski definition) is 3. The molecule has 0 saturated carbocycles. The second kappa shape index (κ2) is 4.85. The number of ether oxygens (including phenoxy) is 1. The molecule has 0 radical (unpaired) electrons. The van der Waals surface area contributed by atoms with Crippen LogP contribution < -0.4 is 0 Å². The van der Waals surface area contributed by atoms with Crippen molar-refractivity contribution in [2.45, 2.75) is 13.3 Å². The van der Waals surface area contributed by atoms with Gasteiger partial charge in [-0.2, -0.15) is 0 Å². The summed E-state index contributed by atoms with van der Waals surface area (Å²) in [5, 5.41) is 8.21. The molecular weight excluding hydrogens is 148 g/mol. The normalized spacial score (nSPS) is 12.5. The zero-order valence-corrected chi connectivity index (χ0v) is 6.66. The van der Waals surface area contributed by atoms with Crippen molar-refractivity contribution in [2.75, 3.05) is 13.7 Å². The maximum Gasteiger partial charge on any atom is 0.372 e. The van der Waals surface area contributed by atoms with E-state index in [2.05, 4.69) is 0 Å². The van der Waals surface area contributed by atoms with Gasteiger partial charge in [-0.15, -0.1) is 0 Å². The number of ketones is 1. The third kappa shape index (κ3) is 4.50. The Hall–Kier alpha value is -0.900. The van der Waals surface area contributed by atoms with Crippen molar-refractivity contribution in [1.29, 1.82) is 0 Å². The number of rotatable bonds is 5. The van der Waals surface area contributed by atoms with Crippen LogP contribution in [0, 0.1) is 5.92 Å². The van der Waals surface area contributed by atoms with Crippen molar-refractivity contribution < 1.29 is 19.4 Å². The molecule has 1 N–H and O–H groups in total. The lowest BCUT2D eigenvalue weighted by atomic mass is 10.1. The van der Waals surface area contributed by atoms with E-state index in [0.29, 0.717) is 6.61 Å². The molecule has 0 aliphatic heterocycles. The summed E-state index contributed by atoms with van der Waals surface area (Å²) in [7, 11) is 1.52. The van der Waals surface area contributed by atoms with E-state index in [4.69, 9.17) is 9.84 Å². The van der Waals surface area contributed by atoms with E-state index in [0.717, 1.165) is 0 Å². The van der Waals surface area contributed by atoms with Crippen molar-refractivity contribution in [1.82, 2.24) is 0 Å². The molecule has 0 amide bonds. The second-order valence-corrected chi connectivity index (χ2v) is 2.49. The molecule has 0 aliphatic rings. The number of Topliss-reactive ketones (excluding diaryl/α,β-unsaturated/α-hetero) is 1. The highest BCUT2D eigenvalue weighted by Crippen LogP contribution is 2.02. The lowest BCUT2D eigenvalue weighted by molar-refractivity contribution is -0.149. The van der Waals surface area contributed by atoms with Gasteiger partial charge in [-0.3, -0.25) is 4.79 Å². The van der Waals surface area contributed by atoms with Gasteiger partial charge in [0.2, 0.25) is 5.78 Å². The maximum atomic E-state index is 10.6. The van der Waals surface area contributed by atoms with Crippen LogP contribution in [-0.4, -0.2) is 30.6 Å². The Bertz CT molecular complexity index is 153. The van der Waals surface area contributed by atoms with Crippen molar-refractivity contribution in [2.24, 2.45) is 5.92 Å². The first-order chi connectivity index (χ1) is 5.07. The summed E-state index contributed by atoms with van der Waals surface area (Å²) in [5.41, 5.74) is 0. The summed E-state index contributed by atoms with van der Waals surface area (Å²) in [5.74, 6) is -2.15. The quantitative estimate of drug-likeness (QED) is 0.588. The number of carbonyl (C=O) groups excluding carboxylic acids is 1. The zero-order chi connectivity index (χ0) is 8.85. The highest BCUT2D eigenvalue weighted by molar-refractivity contribution is 6.32. The third-order valence-electron chi connectivity index (χ3n) is 1.22. The molecule has 0 aromatic carbocycles. The predicted molar refractivity (Wildman–Crippen MR) is 38.3 cm³/mol. The van der Waals surface area contributed by atoms with Crippen LogP contribution in [-0.2, 0) is 14.3 Å². The molecule has 1 unspecified atom stereocenters. The second-order valence-electron chi connectivity index (χ2n) is 2.49. The first-order valence-corrected chi connectivity index (χ1v) is 3.33. The van der Waals surface area contributed by atoms with Crippen molar-refractivity contribution in [3.63, 3.8) is 0 Å². The van der Waals surface area contributed by atoms with Crippen LogP contribution in [0.25, 0.3) is 0 Å². The molecule has 0 rings (SSSR count). The number of hydrogen-bond donors (Lipinski definition) is 1. The Morgan fingerprint density at radius 1 is 1.55 bits per heavy atom. The van der Waals surface area contributed by atoms with Crippen molar-refractivity contribution >= 4 is 11.8 Å². The Morgan fingerprint density at radius 2 is 2.09 bits per heavy atom. The van der Waals surface area contributed by atoms with E-state index in [9.17, 15) is 9.59 Å². The molecule has 4 nitrogen and oxygen atoms in total. The Kier molecular flexibility index (Phi) is 4.45. The van der Waals surface area contributed by atoms with Crippen LogP contribution in [0.5, 0.6) is 0 Å². The summed E-state index contributed by atoms with van der Waals surface area (Å²) < 4.78 is 4.74. The van der Waals surface area contributed by atoms with E-state index in [1.165, 1.54) is 7.11 Å². The monoisotopic (exact) mass is 160 g/mol. The summed E-state index contributed by atoms with van der Waals surface area (Å²) in [6.45, 7) is 2.18. The van der Waals surface area contributed by atoms with E-state index in [1.54, 1.807) is 6.92 Å². The van der Waals surface area contributed by atoms with E-state index < -0.39 is 11.8 Å². The number of carboxylic acids is 1. The minimum absolute atomic E-state index is 0.0244. The number of carbonyl (C=O) groups is 2. The van der Waals surface area contributed by atoms with Gasteiger partial charge in [-0.05, 0) is 5.92 Å². The fraction of sp³-hybridized carbons (Fsp3) is 0.714. The lowest BCUT2D eigenvalue weighted by Crippen LogP contribution is -2.17.